The molecule has 5 atom stereocenters. The Hall–Kier alpha value is -0.940. The first-order chi connectivity index (χ1) is 12.0. The number of rotatable bonds is 5. The van der Waals surface area contributed by atoms with Gasteiger partial charge in [-0.15, -0.1) is 11.3 Å². The number of thiazole rings is 1. The minimum atomic E-state index is 0.165. The zero-order valence-electron chi connectivity index (χ0n) is 15.5. The third-order valence-corrected chi connectivity index (χ3v) is 7.27. The van der Waals surface area contributed by atoms with Gasteiger partial charge in [0.25, 0.3) is 0 Å². The summed E-state index contributed by atoms with van der Waals surface area (Å²) in [7, 11) is 0. The van der Waals surface area contributed by atoms with E-state index in [1.54, 1.807) is 11.3 Å². The van der Waals surface area contributed by atoms with Gasteiger partial charge in [0.1, 0.15) is 0 Å². The molecule has 3 aliphatic rings. The van der Waals surface area contributed by atoms with Crippen molar-refractivity contribution in [2.75, 3.05) is 18.4 Å². The molecule has 5 unspecified atom stereocenters. The lowest BCUT2D eigenvalue weighted by Crippen LogP contribution is -2.38. The van der Waals surface area contributed by atoms with Gasteiger partial charge in [0.15, 0.2) is 5.13 Å². The molecule has 1 amide bonds. The molecule has 3 fully saturated rings. The minimum absolute atomic E-state index is 0.165. The van der Waals surface area contributed by atoms with Crippen molar-refractivity contribution in [3.63, 3.8) is 0 Å². The second-order valence-corrected chi connectivity index (χ2v) is 9.83. The first kappa shape index (κ1) is 17.5. The standard InChI is InChI=1S/C20H31N3OS/c1-13-5-14(2)10-23(9-13)11-18-12-25-20(21-18)22-19(24)8-17-7-15-3-4-16(17)6-15/h12-17H,3-11H2,1-2H3,(H,21,22,24). The quantitative estimate of drug-likeness (QED) is 0.846. The number of piperidine rings is 1. The van der Waals surface area contributed by atoms with E-state index in [1.807, 2.05) is 0 Å². The van der Waals surface area contributed by atoms with Crippen molar-refractivity contribution in [2.24, 2.45) is 29.6 Å². The van der Waals surface area contributed by atoms with Crippen LogP contribution in [0.1, 0.15) is 58.1 Å². The van der Waals surface area contributed by atoms with Gasteiger partial charge in [0.2, 0.25) is 5.91 Å². The lowest BCUT2D eigenvalue weighted by atomic mass is 9.86. The van der Waals surface area contributed by atoms with E-state index in [1.165, 1.54) is 32.1 Å². The Bertz CT molecular complexity index is 606. The highest BCUT2D eigenvalue weighted by Crippen LogP contribution is 2.49. The van der Waals surface area contributed by atoms with Gasteiger partial charge in [-0.2, -0.15) is 0 Å². The number of aromatic nitrogens is 1. The van der Waals surface area contributed by atoms with Crippen molar-refractivity contribution < 1.29 is 4.79 Å². The molecule has 0 aromatic carbocycles. The van der Waals surface area contributed by atoms with Crippen LogP contribution in [0, 0.1) is 29.6 Å². The molecular weight excluding hydrogens is 330 g/mol. The molecule has 25 heavy (non-hydrogen) atoms. The predicted octanol–water partition coefficient (Wildman–Crippen LogP) is 4.39. The first-order valence-electron chi connectivity index (χ1n) is 10.0. The zero-order chi connectivity index (χ0) is 17.4. The highest BCUT2D eigenvalue weighted by atomic mass is 32.1. The van der Waals surface area contributed by atoms with Gasteiger partial charge in [0, 0.05) is 31.4 Å². The van der Waals surface area contributed by atoms with Crippen LogP contribution in [0.15, 0.2) is 5.38 Å². The Labute approximate surface area is 155 Å². The van der Waals surface area contributed by atoms with E-state index in [9.17, 15) is 4.79 Å². The summed E-state index contributed by atoms with van der Waals surface area (Å²) in [5.74, 6) is 4.04. The van der Waals surface area contributed by atoms with Crippen LogP contribution in [0.5, 0.6) is 0 Å². The maximum absolute atomic E-state index is 12.4. The topological polar surface area (TPSA) is 45.2 Å². The molecule has 1 aromatic rings. The van der Waals surface area contributed by atoms with Crippen molar-refractivity contribution in [3.05, 3.63) is 11.1 Å². The number of nitrogens with zero attached hydrogens (tertiary/aromatic N) is 2. The maximum atomic E-state index is 12.4. The summed E-state index contributed by atoms with van der Waals surface area (Å²) in [6, 6.07) is 0. The predicted molar refractivity (Wildman–Crippen MR) is 103 cm³/mol. The van der Waals surface area contributed by atoms with Crippen LogP contribution in [0.2, 0.25) is 0 Å². The van der Waals surface area contributed by atoms with Crippen LogP contribution in [-0.4, -0.2) is 28.9 Å². The van der Waals surface area contributed by atoms with E-state index in [0.717, 1.165) is 54.1 Å². The molecule has 0 radical (unpaired) electrons. The number of carbonyl (C=O) groups excluding carboxylic acids is 1. The number of amides is 1. The van der Waals surface area contributed by atoms with Gasteiger partial charge in [-0.25, -0.2) is 4.98 Å². The van der Waals surface area contributed by atoms with E-state index in [4.69, 9.17) is 0 Å². The van der Waals surface area contributed by atoms with Gasteiger partial charge < -0.3 is 5.32 Å². The summed E-state index contributed by atoms with van der Waals surface area (Å²) in [6.07, 6.45) is 7.40. The molecule has 0 spiro atoms. The fourth-order valence-corrected chi connectivity index (χ4v) is 6.34. The Morgan fingerprint density at radius 3 is 2.72 bits per heavy atom. The molecular formula is C20H31N3OS. The molecule has 1 aromatic heterocycles. The first-order valence-corrected chi connectivity index (χ1v) is 10.9. The number of hydrogen-bond acceptors (Lipinski definition) is 4. The largest absolute Gasteiger partial charge is 0.302 e. The van der Waals surface area contributed by atoms with Gasteiger partial charge in [-0.1, -0.05) is 20.3 Å². The SMILES string of the molecule is CC1CC(C)CN(Cc2csc(NC(=O)CC3CC4CCC3C4)n2)C1. The molecule has 2 bridgehead atoms. The van der Waals surface area contributed by atoms with Crippen molar-refractivity contribution in [1.82, 2.24) is 9.88 Å². The minimum Gasteiger partial charge on any atom is -0.302 e. The second kappa shape index (κ2) is 7.36. The van der Waals surface area contributed by atoms with Crippen LogP contribution in [0.4, 0.5) is 5.13 Å². The Morgan fingerprint density at radius 1 is 1.24 bits per heavy atom. The van der Waals surface area contributed by atoms with Gasteiger partial charge in [-0.3, -0.25) is 9.69 Å². The molecule has 2 aliphatic carbocycles. The van der Waals surface area contributed by atoms with Gasteiger partial charge >= 0.3 is 0 Å². The highest BCUT2D eigenvalue weighted by molar-refractivity contribution is 7.13. The van der Waals surface area contributed by atoms with E-state index >= 15 is 0 Å². The third kappa shape index (κ3) is 4.25. The molecule has 1 saturated heterocycles. The smallest absolute Gasteiger partial charge is 0.226 e. The maximum Gasteiger partial charge on any atom is 0.226 e. The molecule has 1 aliphatic heterocycles. The Balaban J connectivity index is 1.27. The summed E-state index contributed by atoms with van der Waals surface area (Å²) in [5, 5.41) is 5.94. The zero-order valence-corrected chi connectivity index (χ0v) is 16.4. The molecule has 138 valence electrons. The molecule has 5 heteroatoms. The van der Waals surface area contributed by atoms with Crippen molar-refractivity contribution in [3.8, 4) is 0 Å². The van der Waals surface area contributed by atoms with Crippen LogP contribution >= 0.6 is 11.3 Å². The lowest BCUT2D eigenvalue weighted by Gasteiger charge is -2.34. The fourth-order valence-electron chi connectivity index (χ4n) is 5.62. The van der Waals surface area contributed by atoms with Crippen LogP contribution in [0.25, 0.3) is 0 Å². The number of nitrogens with one attached hydrogen (secondary N) is 1. The number of anilines is 1. The number of carbonyl (C=O) groups is 1. The summed E-state index contributed by atoms with van der Waals surface area (Å²) >= 11 is 1.57. The number of fused-ring (bicyclic) bond motifs is 2. The van der Waals surface area contributed by atoms with Crippen molar-refractivity contribution in [2.45, 2.75) is 58.9 Å². The highest BCUT2D eigenvalue weighted by Gasteiger charge is 2.40. The van der Waals surface area contributed by atoms with Crippen molar-refractivity contribution in [1.29, 1.82) is 0 Å². The summed E-state index contributed by atoms with van der Waals surface area (Å²) in [6.45, 7) is 7.91. The molecule has 1 N–H and O–H groups in total. The fraction of sp³-hybridized carbons (Fsp3) is 0.800. The van der Waals surface area contributed by atoms with E-state index in [2.05, 4.69) is 34.4 Å². The summed E-state index contributed by atoms with van der Waals surface area (Å²) in [5.41, 5.74) is 1.10. The average Bonchev–Trinajstić information content (AvgIpc) is 3.23. The molecule has 4 nitrogen and oxygen atoms in total. The van der Waals surface area contributed by atoms with E-state index in [-0.39, 0.29) is 5.91 Å². The van der Waals surface area contributed by atoms with Crippen LogP contribution < -0.4 is 5.32 Å². The number of likely N-dealkylation sites (tertiary alicyclic amines) is 1. The van der Waals surface area contributed by atoms with Gasteiger partial charge in [-0.05, 0) is 55.3 Å². The monoisotopic (exact) mass is 361 g/mol. The third-order valence-electron chi connectivity index (χ3n) is 6.46. The second-order valence-electron chi connectivity index (χ2n) is 8.97. The summed E-state index contributed by atoms with van der Waals surface area (Å²) < 4.78 is 0. The van der Waals surface area contributed by atoms with Crippen LogP contribution in [-0.2, 0) is 11.3 Å². The van der Waals surface area contributed by atoms with Crippen molar-refractivity contribution >= 4 is 22.4 Å². The summed E-state index contributed by atoms with van der Waals surface area (Å²) in [4.78, 5) is 19.5. The van der Waals surface area contributed by atoms with E-state index in [0.29, 0.717) is 12.3 Å². The Kier molecular flexibility index (Phi) is 5.14. The Morgan fingerprint density at radius 2 is 2.04 bits per heavy atom. The van der Waals surface area contributed by atoms with E-state index < -0.39 is 0 Å². The number of hydrogen-bond donors (Lipinski definition) is 1. The average molecular weight is 362 g/mol. The molecule has 2 saturated carbocycles. The molecule has 4 rings (SSSR count). The lowest BCUT2D eigenvalue weighted by molar-refractivity contribution is -0.117. The van der Waals surface area contributed by atoms with Gasteiger partial charge in [0.05, 0.1) is 5.69 Å². The molecule has 2 heterocycles. The normalized spacial score (nSPS) is 35.2. The van der Waals surface area contributed by atoms with Crippen LogP contribution in [0.3, 0.4) is 0 Å².